The third-order valence-electron chi connectivity index (χ3n) is 2.00. The molecule has 2 amide bonds. The topological polar surface area (TPSA) is 61.8 Å². The number of carbonyl (C=O) groups is 1. The minimum atomic E-state index is -0.738. The third-order valence-corrected chi connectivity index (χ3v) is 2.00. The van der Waals surface area contributed by atoms with E-state index < -0.39 is 6.03 Å². The summed E-state index contributed by atoms with van der Waals surface area (Å²) >= 11 is 0. The standard InChI is InChI=1S/C11H15N2O3/c1-9(12-11(14)13(15)16-2)8-10-6-4-3-5-7-10/h3-7,9,15H,1,8H2,2H3,(H,12,14)/t9-/m0/s1. The molecule has 0 fully saturated rings. The average Bonchev–Trinajstić information content (AvgIpc) is 2.29. The number of nitrogens with zero attached hydrogens (tertiary/aromatic N) is 1. The number of rotatable bonds is 4. The molecule has 1 atom stereocenters. The Morgan fingerprint density at radius 2 is 2.19 bits per heavy atom. The Balaban J connectivity index is 2.42. The largest absolute Gasteiger partial charge is 0.366 e. The molecule has 1 aromatic rings. The fourth-order valence-corrected chi connectivity index (χ4v) is 1.26. The van der Waals surface area contributed by atoms with Crippen molar-refractivity contribution in [3.63, 3.8) is 0 Å². The van der Waals surface area contributed by atoms with Crippen molar-refractivity contribution >= 4 is 6.03 Å². The summed E-state index contributed by atoms with van der Waals surface area (Å²) in [5.74, 6) is 0. The van der Waals surface area contributed by atoms with E-state index in [0.29, 0.717) is 6.42 Å². The molecule has 1 aromatic carbocycles. The highest BCUT2D eigenvalue weighted by molar-refractivity contribution is 5.72. The van der Waals surface area contributed by atoms with Crippen molar-refractivity contribution in [2.75, 3.05) is 7.11 Å². The molecule has 0 spiro atoms. The number of hydroxylamine groups is 2. The van der Waals surface area contributed by atoms with Crippen LogP contribution in [0.15, 0.2) is 30.3 Å². The van der Waals surface area contributed by atoms with Crippen molar-refractivity contribution < 1.29 is 14.8 Å². The molecule has 1 radical (unpaired) electrons. The third kappa shape index (κ3) is 3.88. The van der Waals surface area contributed by atoms with Crippen molar-refractivity contribution in [2.24, 2.45) is 0 Å². The van der Waals surface area contributed by atoms with Gasteiger partial charge in [-0.25, -0.2) is 9.63 Å². The molecule has 0 bridgehead atoms. The van der Waals surface area contributed by atoms with Gasteiger partial charge in [-0.1, -0.05) is 35.6 Å². The van der Waals surface area contributed by atoms with E-state index in [0.717, 1.165) is 5.56 Å². The van der Waals surface area contributed by atoms with Gasteiger partial charge >= 0.3 is 6.03 Å². The predicted molar refractivity (Wildman–Crippen MR) is 58.5 cm³/mol. The lowest BCUT2D eigenvalue weighted by molar-refractivity contribution is -0.279. The van der Waals surface area contributed by atoms with Crippen molar-refractivity contribution in [3.8, 4) is 0 Å². The molecule has 87 valence electrons. The maximum atomic E-state index is 11.2. The van der Waals surface area contributed by atoms with E-state index in [1.165, 1.54) is 7.11 Å². The first-order valence-corrected chi connectivity index (χ1v) is 4.84. The second-order valence-electron chi connectivity index (χ2n) is 3.29. The van der Waals surface area contributed by atoms with Crippen LogP contribution in [-0.4, -0.2) is 29.6 Å². The molecule has 0 aromatic heterocycles. The van der Waals surface area contributed by atoms with Gasteiger partial charge < -0.3 is 5.32 Å². The molecule has 0 saturated carbocycles. The van der Waals surface area contributed by atoms with Gasteiger partial charge in [-0.3, -0.25) is 5.21 Å². The van der Waals surface area contributed by atoms with Gasteiger partial charge in [0, 0.05) is 6.04 Å². The first kappa shape index (κ1) is 12.5. The first-order valence-electron chi connectivity index (χ1n) is 4.84. The summed E-state index contributed by atoms with van der Waals surface area (Å²) in [6, 6.07) is 8.56. The summed E-state index contributed by atoms with van der Waals surface area (Å²) in [7, 11) is 1.19. The van der Waals surface area contributed by atoms with Crippen LogP contribution in [0.3, 0.4) is 0 Å². The van der Waals surface area contributed by atoms with E-state index in [1.807, 2.05) is 30.3 Å². The second kappa shape index (κ2) is 6.09. The molecule has 0 unspecified atom stereocenters. The van der Waals surface area contributed by atoms with Gasteiger partial charge in [0.2, 0.25) is 0 Å². The van der Waals surface area contributed by atoms with Crippen LogP contribution in [0.4, 0.5) is 4.79 Å². The summed E-state index contributed by atoms with van der Waals surface area (Å²) in [6.45, 7) is 3.76. The molecule has 0 saturated heterocycles. The summed E-state index contributed by atoms with van der Waals surface area (Å²) in [5.41, 5.74) is 1.06. The highest BCUT2D eigenvalue weighted by Gasteiger charge is 2.13. The number of urea groups is 1. The Morgan fingerprint density at radius 1 is 1.56 bits per heavy atom. The summed E-state index contributed by atoms with van der Waals surface area (Å²) in [5, 5.41) is 11.5. The smallest absolute Gasteiger partial charge is 0.331 e. The molecule has 0 aliphatic heterocycles. The summed E-state index contributed by atoms with van der Waals surface area (Å²) in [6.07, 6.45) is 0.587. The molecular formula is C11H15N2O3. The first-order chi connectivity index (χ1) is 7.63. The normalized spacial score (nSPS) is 11.9. The van der Waals surface area contributed by atoms with E-state index in [4.69, 9.17) is 5.21 Å². The lowest BCUT2D eigenvalue weighted by Gasteiger charge is -2.17. The van der Waals surface area contributed by atoms with Gasteiger partial charge in [-0.2, -0.15) is 0 Å². The average molecular weight is 223 g/mol. The lowest BCUT2D eigenvalue weighted by Crippen LogP contribution is -2.42. The number of nitrogens with one attached hydrogen (secondary N) is 1. The second-order valence-corrected chi connectivity index (χ2v) is 3.29. The molecular weight excluding hydrogens is 208 g/mol. The van der Waals surface area contributed by atoms with Crippen molar-refractivity contribution in [2.45, 2.75) is 12.5 Å². The van der Waals surface area contributed by atoms with Gasteiger partial charge in [0.05, 0.1) is 7.11 Å². The SMILES string of the molecule is [CH2][C@@H](Cc1ccccc1)NC(=O)N(O)OC. The van der Waals surface area contributed by atoms with Gasteiger partial charge in [-0.05, 0) is 18.9 Å². The number of hydrogen-bond acceptors (Lipinski definition) is 3. The molecule has 0 aliphatic rings. The number of benzene rings is 1. The van der Waals surface area contributed by atoms with Gasteiger partial charge in [-0.15, -0.1) is 0 Å². The van der Waals surface area contributed by atoms with E-state index in [-0.39, 0.29) is 11.3 Å². The van der Waals surface area contributed by atoms with Gasteiger partial charge in [0.15, 0.2) is 0 Å². The molecule has 5 heteroatoms. The van der Waals surface area contributed by atoms with E-state index in [9.17, 15) is 4.79 Å². The van der Waals surface area contributed by atoms with Crippen LogP contribution in [0.2, 0.25) is 0 Å². The Hall–Kier alpha value is -1.59. The number of hydrogen-bond donors (Lipinski definition) is 2. The maximum Gasteiger partial charge on any atom is 0.366 e. The van der Waals surface area contributed by atoms with Crippen LogP contribution in [0.1, 0.15) is 5.56 Å². The van der Waals surface area contributed by atoms with Gasteiger partial charge in [0.25, 0.3) is 0 Å². The summed E-state index contributed by atoms with van der Waals surface area (Å²) in [4.78, 5) is 15.5. The highest BCUT2D eigenvalue weighted by atomic mass is 16.9. The Kier molecular flexibility index (Phi) is 4.75. The zero-order valence-corrected chi connectivity index (χ0v) is 9.09. The van der Waals surface area contributed by atoms with Crippen LogP contribution in [0.5, 0.6) is 0 Å². The highest BCUT2D eigenvalue weighted by Crippen LogP contribution is 2.02. The fourth-order valence-electron chi connectivity index (χ4n) is 1.26. The van der Waals surface area contributed by atoms with E-state index >= 15 is 0 Å². The van der Waals surface area contributed by atoms with Crippen molar-refractivity contribution in [1.29, 1.82) is 0 Å². The summed E-state index contributed by atoms with van der Waals surface area (Å²) < 4.78 is 0. The van der Waals surface area contributed by atoms with Crippen LogP contribution < -0.4 is 5.32 Å². The number of amides is 2. The Morgan fingerprint density at radius 3 is 2.75 bits per heavy atom. The molecule has 16 heavy (non-hydrogen) atoms. The fraction of sp³-hybridized carbons (Fsp3) is 0.273. The van der Waals surface area contributed by atoms with E-state index in [2.05, 4.69) is 17.1 Å². The van der Waals surface area contributed by atoms with E-state index in [1.54, 1.807) is 0 Å². The van der Waals surface area contributed by atoms with Crippen LogP contribution in [-0.2, 0) is 11.3 Å². The minimum absolute atomic E-state index is 0.128. The zero-order valence-electron chi connectivity index (χ0n) is 9.09. The molecule has 5 nitrogen and oxygen atoms in total. The molecule has 0 aliphatic carbocycles. The van der Waals surface area contributed by atoms with Crippen molar-refractivity contribution in [3.05, 3.63) is 42.8 Å². The minimum Gasteiger partial charge on any atom is -0.331 e. The Bertz CT molecular complexity index is 329. The van der Waals surface area contributed by atoms with Gasteiger partial charge in [0.1, 0.15) is 0 Å². The number of carbonyl (C=O) groups excluding carboxylic acids is 1. The molecule has 1 rings (SSSR count). The zero-order chi connectivity index (χ0) is 12.0. The maximum absolute atomic E-state index is 11.2. The van der Waals surface area contributed by atoms with Crippen LogP contribution in [0.25, 0.3) is 0 Å². The monoisotopic (exact) mass is 223 g/mol. The quantitative estimate of drug-likeness (QED) is 0.599. The lowest BCUT2D eigenvalue weighted by atomic mass is 10.1. The Labute approximate surface area is 94.5 Å². The van der Waals surface area contributed by atoms with Crippen molar-refractivity contribution in [1.82, 2.24) is 10.5 Å². The van der Waals surface area contributed by atoms with Crippen LogP contribution >= 0.6 is 0 Å². The molecule has 2 N–H and O–H groups in total. The molecule has 0 heterocycles. The van der Waals surface area contributed by atoms with Crippen LogP contribution in [0, 0.1) is 6.92 Å². The predicted octanol–water partition coefficient (Wildman–Crippen LogP) is 1.39.